The Hall–Kier alpha value is -2.57. The third kappa shape index (κ3) is 8.17. The zero-order valence-corrected chi connectivity index (χ0v) is 20.2. The SMILES string of the molecule is C=CC(=C(/N=C)Nc1ccc(CN(CC)CC)cc1)/C(/C=N\C)=N\CN1CCCCCC1. The van der Waals surface area contributed by atoms with E-state index in [2.05, 4.69) is 76.5 Å². The highest BCUT2D eigenvalue weighted by atomic mass is 15.2. The molecule has 1 heterocycles. The number of nitrogens with zero attached hydrogens (tertiary/aromatic N) is 5. The van der Waals surface area contributed by atoms with Crippen molar-refractivity contribution in [3.05, 3.63) is 53.9 Å². The van der Waals surface area contributed by atoms with Crippen LogP contribution in [0.15, 0.2) is 63.3 Å². The Kier molecular flexibility index (Phi) is 11.6. The van der Waals surface area contributed by atoms with Crippen molar-refractivity contribution in [3.8, 4) is 0 Å². The third-order valence-corrected chi connectivity index (χ3v) is 5.80. The van der Waals surface area contributed by atoms with E-state index in [0.29, 0.717) is 12.5 Å². The highest BCUT2D eigenvalue weighted by molar-refractivity contribution is 6.39. The molecule has 1 aromatic rings. The molecule has 174 valence electrons. The van der Waals surface area contributed by atoms with Gasteiger partial charge in [0.2, 0.25) is 0 Å². The molecule has 6 nitrogen and oxygen atoms in total. The number of anilines is 1. The highest BCUT2D eigenvalue weighted by Crippen LogP contribution is 2.17. The van der Waals surface area contributed by atoms with Crippen molar-refractivity contribution in [2.75, 3.05) is 45.2 Å². The number of allylic oxidation sites excluding steroid dienone is 2. The molecule has 1 fully saturated rings. The molecule has 1 saturated heterocycles. The lowest BCUT2D eigenvalue weighted by atomic mass is 10.1. The van der Waals surface area contributed by atoms with Crippen molar-refractivity contribution in [3.63, 3.8) is 0 Å². The van der Waals surface area contributed by atoms with Crippen molar-refractivity contribution in [2.45, 2.75) is 46.1 Å². The maximum atomic E-state index is 4.86. The van der Waals surface area contributed by atoms with Gasteiger partial charge in [0.15, 0.2) is 0 Å². The van der Waals surface area contributed by atoms with E-state index in [-0.39, 0.29) is 0 Å². The maximum Gasteiger partial charge on any atom is 0.139 e. The lowest BCUT2D eigenvalue weighted by Gasteiger charge is -2.19. The first kappa shape index (κ1) is 25.7. The van der Waals surface area contributed by atoms with E-state index >= 15 is 0 Å². The summed E-state index contributed by atoms with van der Waals surface area (Å²) < 4.78 is 0. The minimum absolute atomic E-state index is 0.631. The van der Waals surface area contributed by atoms with Crippen molar-refractivity contribution in [2.24, 2.45) is 15.0 Å². The van der Waals surface area contributed by atoms with Gasteiger partial charge in [-0.25, -0.2) is 4.99 Å². The van der Waals surface area contributed by atoms with Crippen LogP contribution < -0.4 is 5.32 Å². The summed E-state index contributed by atoms with van der Waals surface area (Å²) in [7, 11) is 1.76. The summed E-state index contributed by atoms with van der Waals surface area (Å²) in [5.74, 6) is 0.631. The lowest BCUT2D eigenvalue weighted by molar-refractivity contribution is 0.295. The number of nitrogens with one attached hydrogen (secondary N) is 1. The van der Waals surface area contributed by atoms with E-state index in [1.807, 2.05) is 0 Å². The van der Waals surface area contributed by atoms with E-state index in [0.717, 1.165) is 49.7 Å². The van der Waals surface area contributed by atoms with Gasteiger partial charge >= 0.3 is 0 Å². The molecule has 1 aliphatic rings. The zero-order chi connectivity index (χ0) is 23.2. The Balaban J connectivity index is 2.20. The van der Waals surface area contributed by atoms with Gasteiger partial charge < -0.3 is 5.32 Å². The van der Waals surface area contributed by atoms with Crippen LogP contribution in [0.3, 0.4) is 0 Å². The van der Waals surface area contributed by atoms with Crippen LogP contribution in [0, 0.1) is 0 Å². The van der Waals surface area contributed by atoms with Crippen LogP contribution in [0.5, 0.6) is 0 Å². The number of benzene rings is 1. The van der Waals surface area contributed by atoms with Gasteiger partial charge in [0.25, 0.3) is 0 Å². The second-order valence-corrected chi connectivity index (χ2v) is 8.01. The second-order valence-electron chi connectivity index (χ2n) is 8.01. The summed E-state index contributed by atoms with van der Waals surface area (Å²) in [4.78, 5) is 18.1. The van der Waals surface area contributed by atoms with Gasteiger partial charge in [-0.05, 0) is 63.4 Å². The molecule has 2 rings (SSSR count). The van der Waals surface area contributed by atoms with Crippen molar-refractivity contribution >= 4 is 24.3 Å². The Morgan fingerprint density at radius 1 is 1.09 bits per heavy atom. The molecular formula is C26H40N6. The van der Waals surface area contributed by atoms with Crippen LogP contribution >= 0.6 is 0 Å². The van der Waals surface area contributed by atoms with Crippen molar-refractivity contribution < 1.29 is 0 Å². The molecular weight excluding hydrogens is 396 g/mol. The first-order valence-corrected chi connectivity index (χ1v) is 11.8. The van der Waals surface area contributed by atoms with Gasteiger partial charge in [0.05, 0.1) is 12.4 Å². The van der Waals surface area contributed by atoms with Crippen LogP contribution in [0.2, 0.25) is 0 Å². The fourth-order valence-corrected chi connectivity index (χ4v) is 3.82. The molecule has 1 aliphatic heterocycles. The maximum absolute atomic E-state index is 4.86. The zero-order valence-electron chi connectivity index (χ0n) is 20.2. The predicted molar refractivity (Wildman–Crippen MR) is 140 cm³/mol. The van der Waals surface area contributed by atoms with Crippen LogP contribution in [0.1, 0.15) is 45.1 Å². The molecule has 0 amide bonds. The van der Waals surface area contributed by atoms with Gasteiger partial charge in [-0.15, -0.1) is 0 Å². The molecule has 0 saturated carbocycles. The van der Waals surface area contributed by atoms with E-state index in [9.17, 15) is 0 Å². The van der Waals surface area contributed by atoms with Crippen LogP contribution in [-0.2, 0) is 6.54 Å². The number of hydrogen-bond donors (Lipinski definition) is 1. The van der Waals surface area contributed by atoms with Crippen LogP contribution in [-0.4, -0.2) is 68.3 Å². The third-order valence-electron chi connectivity index (χ3n) is 5.80. The van der Waals surface area contributed by atoms with E-state index in [4.69, 9.17) is 4.99 Å². The summed E-state index contributed by atoms with van der Waals surface area (Å²) in [5.41, 5.74) is 3.81. The van der Waals surface area contributed by atoms with Crippen molar-refractivity contribution in [1.82, 2.24) is 9.80 Å². The van der Waals surface area contributed by atoms with Gasteiger partial charge in [-0.3, -0.25) is 19.8 Å². The molecule has 32 heavy (non-hydrogen) atoms. The summed E-state index contributed by atoms with van der Waals surface area (Å²) in [6.07, 6.45) is 8.64. The number of hydrogen-bond acceptors (Lipinski definition) is 6. The smallest absolute Gasteiger partial charge is 0.139 e. The van der Waals surface area contributed by atoms with Crippen LogP contribution in [0.4, 0.5) is 5.69 Å². The fourth-order valence-electron chi connectivity index (χ4n) is 3.82. The molecule has 0 aliphatic carbocycles. The van der Waals surface area contributed by atoms with E-state index < -0.39 is 0 Å². The molecule has 1 N–H and O–H groups in total. The average Bonchev–Trinajstić information content (AvgIpc) is 3.10. The molecule has 0 bridgehead atoms. The molecule has 0 spiro atoms. The molecule has 1 aromatic carbocycles. The summed E-state index contributed by atoms with van der Waals surface area (Å²) in [5, 5.41) is 3.38. The standard InChI is InChI=1S/C26H40N6/c1-6-24(25(19-27-4)29-21-32-17-11-9-10-12-18-32)26(28-5)30-23-15-13-22(14-16-23)20-31(7-2)8-3/h6,13-16,19,30H,1,5,7-12,17-18,20-21H2,2-4H3/b26-24+,27-19-,29-25-. The summed E-state index contributed by atoms with van der Waals surface area (Å²) in [6, 6.07) is 8.45. The molecule has 0 atom stereocenters. The van der Waals surface area contributed by atoms with Gasteiger partial charge in [0.1, 0.15) is 5.82 Å². The minimum Gasteiger partial charge on any atom is -0.340 e. The van der Waals surface area contributed by atoms with Gasteiger partial charge in [-0.2, -0.15) is 0 Å². The number of rotatable bonds is 12. The van der Waals surface area contributed by atoms with Gasteiger partial charge in [0, 0.05) is 31.1 Å². The number of likely N-dealkylation sites (tertiary alicyclic amines) is 1. The number of aliphatic imine (C=N–C) groups is 3. The van der Waals surface area contributed by atoms with Crippen molar-refractivity contribution in [1.29, 1.82) is 0 Å². The monoisotopic (exact) mass is 436 g/mol. The fraction of sp³-hybridized carbons (Fsp3) is 0.500. The minimum atomic E-state index is 0.631. The summed E-state index contributed by atoms with van der Waals surface area (Å²) >= 11 is 0. The first-order chi connectivity index (χ1) is 15.6. The highest BCUT2D eigenvalue weighted by Gasteiger charge is 2.12. The quantitative estimate of drug-likeness (QED) is 0.370. The van der Waals surface area contributed by atoms with Gasteiger partial charge in [-0.1, -0.05) is 51.5 Å². The topological polar surface area (TPSA) is 55.6 Å². The molecule has 0 unspecified atom stereocenters. The first-order valence-electron chi connectivity index (χ1n) is 11.8. The largest absolute Gasteiger partial charge is 0.340 e. The van der Waals surface area contributed by atoms with E-state index in [1.165, 1.54) is 31.2 Å². The molecule has 0 aromatic heterocycles. The Morgan fingerprint density at radius 3 is 2.28 bits per heavy atom. The Labute approximate surface area is 194 Å². The summed E-state index contributed by atoms with van der Waals surface area (Å²) in [6.45, 7) is 18.0. The molecule has 0 radical (unpaired) electrons. The predicted octanol–water partition coefficient (Wildman–Crippen LogP) is 5.01. The Morgan fingerprint density at radius 2 is 1.75 bits per heavy atom. The second kappa shape index (κ2) is 14.5. The van der Waals surface area contributed by atoms with E-state index in [1.54, 1.807) is 19.3 Å². The Bertz CT molecular complexity index is 794. The normalized spacial score (nSPS) is 16.7. The average molecular weight is 437 g/mol. The van der Waals surface area contributed by atoms with Crippen LogP contribution in [0.25, 0.3) is 0 Å². The molecule has 6 heteroatoms. The lowest BCUT2D eigenvalue weighted by Crippen LogP contribution is -2.26.